The van der Waals surface area contributed by atoms with E-state index in [0.29, 0.717) is 29.6 Å². The van der Waals surface area contributed by atoms with Gasteiger partial charge in [-0.2, -0.15) is 0 Å². The van der Waals surface area contributed by atoms with E-state index in [2.05, 4.69) is 17.3 Å². The van der Waals surface area contributed by atoms with Crippen molar-refractivity contribution in [2.45, 2.75) is 25.3 Å². The maximum Gasteiger partial charge on any atom is 0.253 e. The van der Waals surface area contributed by atoms with Gasteiger partial charge in [-0.05, 0) is 38.6 Å². The van der Waals surface area contributed by atoms with Gasteiger partial charge >= 0.3 is 0 Å². The van der Waals surface area contributed by atoms with Crippen molar-refractivity contribution in [1.82, 2.24) is 10.2 Å². The fraction of sp³-hybridized carbons (Fsp3) is 0.533. The number of nitrogens with two attached hydrogens (primary N) is 1. The topological polar surface area (TPSA) is 67.6 Å². The van der Waals surface area contributed by atoms with Crippen LogP contribution in [0, 0.1) is 0 Å². The number of hydrogen-bond acceptors (Lipinski definition) is 4. The Labute approximate surface area is 120 Å². The summed E-state index contributed by atoms with van der Waals surface area (Å²) in [5.41, 5.74) is 6.83. The van der Waals surface area contributed by atoms with Crippen LogP contribution in [0.3, 0.4) is 0 Å². The van der Waals surface area contributed by atoms with Crippen LogP contribution in [0.1, 0.15) is 29.6 Å². The number of ether oxygens (including phenoxy) is 1. The van der Waals surface area contributed by atoms with Gasteiger partial charge in [0.2, 0.25) is 0 Å². The summed E-state index contributed by atoms with van der Waals surface area (Å²) in [7, 11) is 3.69. The highest BCUT2D eigenvalue weighted by Crippen LogP contribution is 2.20. The molecule has 0 spiro atoms. The lowest BCUT2D eigenvalue weighted by molar-refractivity contribution is 0.0929. The standard InChI is InChI=1S/C15H23N3O2/c1-18-8-4-3-5-11(18)10-17-15(19)13-7-6-12(20-2)9-14(13)16/h6-7,9,11H,3-5,8,10,16H2,1-2H3,(H,17,19). The largest absolute Gasteiger partial charge is 0.497 e. The van der Waals surface area contributed by atoms with Crippen molar-refractivity contribution in [3.8, 4) is 5.75 Å². The van der Waals surface area contributed by atoms with Crippen LogP contribution in [0.4, 0.5) is 5.69 Å². The number of carbonyl (C=O) groups is 1. The van der Waals surface area contributed by atoms with Crippen LogP contribution in [-0.2, 0) is 0 Å². The van der Waals surface area contributed by atoms with Gasteiger partial charge in [0, 0.05) is 24.3 Å². The number of rotatable bonds is 4. The number of anilines is 1. The van der Waals surface area contributed by atoms with E-state index in [1.54, 1.807) is 25.3 Å². The zero-order valence-electron chi connectivity index (χ0n) is 12.2. The van der Waals surface area contributed by atoms with Gasteiger partial charge in [-0.15, -0.1) is 0 Å². The molecule has 3 N–H and O–H groups in total. The summed E-state index contributed by atoms with van der Waals surface area (Å²) in [6, 6.07) is 5.54. The number of hydrogen-bond donors (Lipinski definition) is 2. The van der Waals surface area contributed by atoms with Crippen molar-refractivity contribution >= 4 is 11.6 Å². The molecule has 1 aromatic carbocycles. The molecule has 1 fully saturated rings. The molecule has 0 bridgehead atoms. The molecule has 1 heterocycles. The molecule has 2 rings (SSSR count). The molecule has 1 saturated heterocycles. The van der Waals surface area contributed by atoms with Gasteiger partial charge in [-0.1, -0.05) is 6.42 Å². The van der Waals surface area contributed by atoms with Crippen LogP contribution in [0.15, 0.2) is 18.2 Å². The molecule has 5 heteroatoms. The molecule has 1 aromatic rings. The second-order valence-corrected chi connectivity index (χ2v) is 5.29. The van der Waals surface area contributed by atoms with Crippen molar-refractivity contribution in [3.05, 3.63) is 23.8 Å². The number of piperidine rings is 1. The Morgan fingerprint density at radius 3 is 2.95 bits per heavy atom. The molecule has 0 radical (unpaired) electrons. The van der Waals surface area contributed by atoms with E-state index in [1.165, 1.54) is 12.8 Å². The van der Waals surface area contributed by atoms with Crippen molar-refractivity contribution in [2.75, 3.05) is 33.0 Å². The van der Waals surface area contributed by atoms with Crippen molar-refractivity contribution in [1.29, 1.82) is 0 Å². The van der Waals surface area contributed by atoms with E-state index < -0.39 is 0 Å². The number of nitrogen functional groups attached to an aromatic ring is 1. The second-order valence-electron chi connectivity index (χ2n) is 5.29. The smallest absolute Gasteiger partial charge is 0.253 e. The Morgan fingerprint density at radius 1 is 1.50 bits per heavy atom. The Hall–Kier alpha value is -1.75. The fourth-order valence-electron chi connectivity index (χ4n) is 2.58. The summed E-state index contributed by atoms with van der Waals surface area (Å²) in [6.45, 7) is 1.77. The predicted molar refractivity (Wildman–Crippen MR) is 80.0 cm³/mol. The van der Waals surface area contributed by atoms with Crippen LogP contribution in [0.5, 0.6) is 5.75 Å². The van der Waals surface area contributed by atoms with Crippen LogP contribution < -0.4 is 15.8 Å². The lowest BCUT2D eigenvalue weighted by Crippen LogP contribution is -2.44. The van der Waals surface area contributed by atoms with E-state index in [-0.39, 0.29) is 5.91 Å². The van der Waals surface area contributed by atoms with Crippen LogP contribution in [0.25, 0.3) is 0 Å². The minimum absolute atomic E-state index is 0.121. The maximum atomic E-state index is 12.2. The third-order valence-corrected chi connectivity index (χ3v) is 3.92. The van der Waals surface area contributed by atoms with Crippen LogP contribution >= 0.6 is 0 Å². The molecule has 5 nitrogen and oxygen atoms in total. The molecule has 0 saturated carbocycles. The Kier molecular flexibility index (Phi) is 4.84. The molecule has 1 amide bonds. The van der Waals surface area contributed by atoms with E-state index in [1.807, 2.05) is 0 Å². The van der Waals surface area contributed by atoms with Gasteiger partial charge in [0.1, 0.15) is 5.75 Å². The minimum atomic E-state index is -0.121. The Morgan fingerprint density at radius 2 is 2.30 bits per heavy atom. The summed E-state index contributed by atoms with van der Waals surface area (Å²) >= 11 is 0. The second kappa shape index (κ2) is 6.61. The first kappa shape index (κ1) is 14.7. The number of nitrogens with one attached hydrogen (secondary N) is 1. The minimum Gasteiger partial charge on any atom is -0.497 e. The number of benzene rings is 1. The maximum absolute atomic E-state index is 12.2. The third-order valence-electron chi connectivity index (χ3n) is 3.92. The molecule has 1 unspecified atom stereocenters. The van der Waals surface area contributed by atoms with Crippen molar-refractivity contribution < 1.29 is 9.53 Å². The zero-order valence-corrected chi connectivity index (χ0v) is 12.2. The van der Waals surface area contributed by atoms with Gasteiger partial charge in [-0.25, -0.2) is 0 Å². The van der Waals surface area contributed by atoms with E-state index in [9.17, 15) is 4.79 Å². The normalized spacial score (nSPS) is 19.6. The van der Waals surface area contributed by atoms with Gasteiger partial charge < -0.3 is 20.7 Å². The number of nitrogens with zero attached hydrogens (tertiary/aromatic N) is 1. The number of likely N-dealkylation sites (N-methyl/N-ethyl adjacent to an activating group) is 1. The predicted octanol–water partition coefficient (Wildman–Crippen LogP) is 1.49. The van der Waals surface area contributed by atoms with Crippen molar-refractivity contribution in [2.24, 2.45) is 0 Å². The number of amides is 1. The summed E-state index contributed by atoms with van der Waals surface area (Å²) in [4.78, 5) is 14.5. The number of carbonyl (C=O) groups excluding carboxylic acids is 1. The molecule has 1 aliphatic rings. The van der Waals surface area contributed by atoms with Gasteiger partial charge in [-0.3, -0.25) is 4.79 Å². The average Bonchev–Trinajstić information content (AvgIpc) is 2.46. The van der Waals surface area contributed by atoms with Gasteiger partial charge in [0.25, 0.3) is 5.91 Å². The highest BCUT2D eigenvalue weighted by atomic mass is 16.5. The molecule has 0 aliphatic carbocycles. The SMILES string of the molecule is COc1ccc(C(=O)NCC2CCCCN2C)c(N)c1. The van der Waals surface area contributed by atoms with E-state index >= 15 is 0 Å². The first-order valence-electron chi connectivity index (χ1n) is 7.03. The first-order chi connectivity index (χ1) is 9.61. The lowest BCUT2D eigenvalue weighted by Gasteiger charge is -2.32. The molecule has 1 atom stereocenters. The quantitative estimate of drug-likeness (QED) is 0.818. The van der Waals surface area contributed by atoms with Gasteiger partial charge in [0.05, 0.1) is 12.7 Å². The van der Waals surface area contributed by atoms with Crippen molar-refractivity contribution in [3.63, 3.8) is 0 Å². The van der Waals surface area contributed by atoms with E-state index in [0.717, 1.165) is 13.0 Å². The molecular weight excluding hydrogens is 254 g/mol. The van der Waals surface area contributed by atoms with Crippen LogP contribution in [0.2, 0.25) is 0 Å². The summed E-state index contributed by atoms with van der Waals surface area (Å²) in [5.74, 6) is 0.537. The highest BCUT2D eigenvalue weighted by molar-refractivity contribution is 5.99. The summed E-state index contributed by atoms with van der Waals surface area (Å²) in [6.07, 6.45) is 3.61. The molecule has 20 heavy (non-hydrogen) atoms. The summed E-state index contributed by atoms with van der Waals surface area (Å²) in [5, 5.41) is 2.98. The van der Waals surface area contributed by atoms with E-state index in [4.69, 9.17) is 10.5 Å². The van der Waals surface area contributed by atoms with Crippen LogP contribution in [-0.4, -0.2) is 44.1 Å². The first-order valence-corrected chi connectivity index (χ1v) is 7.03. The number of methoxy groups -OCH3 is 1. The molecule has 0 aromatic heterocycles. The monoisotopic (exact) mass is 277 g/mol. The van der Waals surface area contributed by atoms with Gasteiger partial charge in [0.15, 0.2) is 0 Å². The Balaban J connectivity index is 1.94. The highest BCUT2D eigenvalue weighted by Gasteiger charge is 2.20. The molecular formula is C15H23N3O2. The fourth-order valence-corrected chi connectivity index (χ4v) is 2.58. The average molecular weight is 277 g/mol. The molecule has 110 valence electrons. The Bertz CT molecular complexity index is 476. The number of likely N-dealkylation sites (tertiary alicyclic amines) is 1. The summed E-state index contributed by atoms with van der Waals surface area (Å²) < 4.78 is 5.08. The molecule has 1 aliphatic heterocycles. The lowest BCUT2D eigenvalue weighted by atomic mass is 10.0. The third kappa shape index (κ3) is 3.42. The zero-order chi connectivity index (χ0) is 14.5.